The maximum atomic E-state index is 6.43. The third-order valence-corrected chi connectivity index (χ3v) is 4.49. The predicted molar refractivity (Wildman–Crippen MR) is 66.4 cm³/mol. The number of nitrogens with one attached hydrogen (secondary N) is 1. The molecule has 1 aromatic carbocycles. The average Bonchev–Trinajstić information content (AvgIpc) is 2.32. The van der Waals surface area contributed by atoms with Gasteiger partial charge in [-0.2, -0.15) is 0 Å². The van der Waals surface area contributed by atoms with Crippen LogP contribution in [0.3, 0.4) is 0 Å². The average molecular weight is 216 g/mol. The van der Waals surface area contributed by atoms with Crippen molar-refractivity contribution in [3.8, 4) is 0 Å². The molecule has 1 spiro atoms. The molecule has 2 aliphatic rings. The second-order valence-corrected chi connectivity index (χ2v) is 5.37. The predicted octanol–water partition coefficient (Wildman–Crippen LogP) is 1.48. The smallest absolute Gasteiger partial charge is 0.0140 e. The first-order valence-electron chi connectivity index (χ1n) is 6.33. The Balaban J connectivity index is 1.93. The number of rotatable bonds is 0. The van der Waals surface area contributed by atoms with Gasteiger partial charge in [-0.25, -0.2) is 0 Å². The van der Waals surface area contributed by atoms with Crippen molar-refractivity contribution < 1.29 is 0 Å². The third kappa shape index (κ3) is 1.57. The lowest BCUT2D eigenvalue weighted by atomic mass is 9.64. The zero-order valence-electron chi connectivity index (χ0n) is 9.71. The normalized spacial score (nSPS) is 27.7. The monoisotopic (exact) mass is 216 g/mol. The van der Waals surface area contributed by atoms with Gasteiger partial charge in [0.15, 0.2) is 0 Å². The van der Waals surface area contributed by atoms with Crippen molar-refractivity contribution in [2.45, 2.75) is 31.7 Å². The van der Waals surface area contributed by atoms with Gasteiger partial charge >= 0.3 is 0 Å². The molecular weight excluding hydrogens is 196 g/mol. The Kier molecular flexibility index (Phi) is 2.49. The second kappa shape index (κ2) is 3.86. The molecule has 1 fully saturated rings. The van der Waals surface area contributed by atoms with Gasteiger partial charge in [-0.05, 0) is 55.3 Å². The SMILES string of the molecule is NC1Cc2ccccc2CC12CCNCC2. The summed E-state index contributed by atoms with van der Waals surface area (Å²) in [5, 5.41) is 3.45. The number of nitrogens with two attached hydrogens (primary N) is 1. The van der Waals surface area contributed by atoms with Gasteiger partial charge in [0.1, 0.15) is 0 Å². The largest absolute Gasteiger partial charge is 0.327 e. The Bertz CT molecular complexity index is 380. The Morgan fingerprint density at radius 3 is 2.56 bits per heavy atom. The van der Waals surface area contributed by atoms with E-state index in [0.717, 1.165) is 19.5 Å². The standard InChI is InChI=1S/C14H20N2/c15-13-9-11-3-1-2-4-12(11)10-14(13)5-7-16-8-6-14/h1-4,13,16H,5-10,15H2. The van der Waals surface area contributed by atoms with E-state index in [2.05, 4.69) is 29.6 Å². The molecule has 1 heterocycles. The van der Waals surface area contributed by atoms with Crippen LogP contribution >= 0.6 is 0 Å². The van der Waals surface area contributed by atoms with E-state index in [1.165, 1.54) is 30.4 Å². The van der Waals surface area contributed by atoms with Gasteiger partial charge in [0.05, 0.1) is 0 Å². The number of benzene rings is 1. The van der Waals surface area contributed by atoms with Crippen molar-refractivity contribution in [1.82, 2.24) is 5.32 Å². The van der Waals surface area contributed by atoms with Gasteiger partial charge in [0.25, 0.3) is 0 Å². The van der Waals surface area contributed by atoms with Crippen LogP contribution in [-0.2, 0) is 12.8 Å². The molecule has 2 nitrogen and oxygen atoms in total. The Labute approximate surface area is 97.2 Å². The summed E-state index contributed by atoms with van der Waals surface area (Å²) in [6, 6.07) is 9.16. The fourth-order valence-corrected chi connectivity index (χ4v) is 3.37. The molecule has 0 amide bonds. The zero-order valence-corrected chi connectivity index (χ0v) is 9.71. The molecule has 1 aliphatic carbocycles. The summed E-state index contributed by atoms with van der Waals surface area (Å²) in [6.45, 7) is 2.27. The lowest BCUT2D eigenvalue weighted by Gasteiger charge is -2.46. The Morgan fingerprint density at radius 2 is 1.81 bits per heavy atom. The van der Waals surface area contributed by atoms with Crippen molar-refractivity contribution in [1.29, 1.82) is 0 Å². The van der Waals surface area contributed by atoms with Crippen LogP contribution in [0.2, 0.25) is 0 Å². The molecular formula is C14H20N2. The van der Waals surface area contributed by atoms with Gasteiger partial charge in [-0.1, -0.05) is 24.3 Å². The Hall–Kier alpha value is -0.860. The lowest BCUT2D eigenvalue weighted by Crippen LogP contribution is -2.52. The summed E-state index contributed by atoms with van der Waals surface area (Å²) >= 11 is 0. The minimum absolute atomic E-state index is 0.351. The van der Waals surface area contributed by atoms with Crippen molar-refractivity contribution in [2.24, 2.45) is 11.1 Å². The topological polar surface area (TPSA) is 38.0 Å². The van der Waals surface area contributed by atoms with Crippen LogP contribution in [0.15, 0.2) is 24.3 Å². The number of piperidine rings is 1. The van der Waals surface area contributed by atoms with Crippen LogP contribution < -0.4 is 11.1 Å². The highest BCUT2D eigenvalue weighted by Crippen LogP contribution is 2.41. The zero-order chi connectivity index (χ0) is 11.0. The molecule has 1 saturated heterocycles. The summed E-state index contributed by atoms with van der Waals surface area (Å²) in [4.78, 5) is 0. The molecule has 3 N–H and O–H groups in total. The molecule has 1 aliphatic heterocycles. The van der Waals surface area contributed by atoms with Crippen molar-refractivity contribution in [3.63, 3.8) is 0 Å². The van der Waals surface area contributed by atoms with E-state index in [1.807, 2.05) is 0 Å². The molecule has 1 aromatic rings. The summed E-state index contributed by atoms with van der Waals surface area (Å²) < 4.78 is 0. The molecule has 1 atom stereocenters. The highest BCUT2D eigenvalue weighted by atomic mass is 14.9. The van der Waals surface area contributed by atoms with Gasteiger partial charge in [0, 0.05) is 6.04 Å². The summed E-state index contributed by atoms with van der Waals surface area (Å²) in [5.41, 5.74) is 9.81. The van der Waals surface area contributed by atoms with E-state index in [9.17, 15) is 0 Å². The van der Waals surface area contributed by atoms with E-state index in [1.54, 1.807) is 0 Å². The molecule has 0 aromatic heterocycles. The summed E-state index contributed by atoms with van der Waals surface area (Å²) in [7, 11) is 0. The summed E-state index contributed by atoms with van der Waals surface area (Å²) in [5.74, 6) is 0. The van der Waals surface area contributed by atoms with E-state index in [0.29, 0.717) is 11.5 Å². The molecule has 2 heteroatoms. The van der Waals surface area contributed by atoms with E-state index in [-0.39, 0.29) is 0 Å². The third-order valence-electron chi connectivity index (χ3n) is 4.49. The highest BCUT2D eigenvalue weighted by molar-refractivity contribution is 5.33. The number of hydrogen-bond acceptors (Lipinski definition) is 2. The first-order chi connectivity index (χ1) is 7.80. The van der Waals surface area contributed by atoms with Crippen LogP contribution in [0.25, 0.3) is 0 Å². The maximum absolute atomic E-state index is 6.43. The van der Waals surface area contributed by atoms with Crippen LogP contribution in [0.1, 0.15) is 24.0 Å². The molecule has 86 valence electrons. The van der Waals surface area contributed by atoms with Crippen LogP contribution in [0.5, 0.6) is 0 Å². The second-order valence-electron chi connectivity index (χ2n) is 5.37. The lowest BCUT2D eigenvalue weighted by molar-refractivity contribution is 0.143. The van der Waals surface area contributed by atoms with Gasteiger partial charge < -0.3 is 11.1 Å². The summed E-state index contributed by atoms with van der Waals surface area (Å²) in [6.07, 6.45) is 4.73. The first kappa shape index (κ1) is 10.3. The van der Waals surface area contributed by atoms with Gasteiger partial charge in [0.2, 0.25) is 0 Å². The first-order valence-corrected chi connectivity index (χ1v) is 6.33. The van der Waals surface area contributed by atoms with Crippen molar-refractivity contribution in [3.05, 3.63) is 35.4 Å². The molecule has 16 heavy (non-hydrogen) atoms. The van der Waals surface area contributed by atoms with Crippen molar-refractivity contribution in [2.75, 3.05) is 13.1 Å². The van der Waals surface area contributed by atoms with Crippen LogP contribution in [0, 0.1) is 5.41 Å². The van der Waals surface area contributed by atoms with E-state index in [4.69, 9.17) is 5.73 Å². The minimum Gasteiger partial charge on any atom is -0.327 e. The molecule has 0 bridgehead atoms. The van der Waals surface area contributed by atoms with Crippen molar-refractivity contribution >= 4 is 0 Å². The fraction of sp³-hybridized carbons (Fsp3) is 0.571. The molecule has 0 radical (unpaired) electrons. The van der Waals surface area contributed by atoms with Gasteiger partial charge in [-0.3, -0.25) is 0 Å². The highest BCUT2D eigenvalue weighted by Gasteiger charge is 2.41. The quantitative estimate of drug-likeness (QED) is 0.689. The fourth-order valence-electron chi connectivity index (χ4n) is 3.37. The van der Waals surface area contributed by atoms with Crippen LogP contribution in [0.4, 0.5) is 0 Å². The van der Waals surface area contributed by atoms with E-state index >= 15 is 0 Å². The minimum atomic E-state index is 0.351. The molecule has 1 unspecified atom stereocenters. The van der Waals surface area contributed by atoms with E-state index < -0.39 is 0 Å². The molecule has 0 saturated carbocycles. The number of hydrogen-bond donors (Lipinski definition) is 2. The number of fused-ring (bicyclic) bond motifs is 1. The van der Waals surface area contributed by atoms with Crippen LogP contribution in [-0.4, -0.2) is 19.1 Å². The Morgan fingerprint density at radius 1 is 1.12 bits per heavy atom. The molecule has 3 rings (SSSR count). The maximum Gasteiger partial charge on any atom is 0.0140 e. The van der Waals surface area contributed by atoms with Gasteiger partial charge in [-0.15, -0.1) is 0 Å².